The van der Waals surface area contributed by atoms with Gasteiger partial charge in [0.1, 0.15) is 17.6 Å². The Labute approximate surface area is 199 Å². The van der Waals surface area contributed by atoms with E-state index in [-0.39, 0.29) is 12.0 Å². The zero-order valence-electron chi connectivity index (χ0n) is 19.3. The fraction of sp³-hybridized carbons (Fsp3) is 0.400. The maximum absolute atomic E-state index is 12.9. The first-order valence-electron chi connectivity index (χ1n) is 11.3. The van der Waals surface area contributed by atoms with Crippen LogP contribution in [0.2, 0.25) is 0 Å². The lowest BCUT2D eigenvalue weighted by molar-refractivity contribution is -0.133. The third kappa shape index (κ3) is 5.45. The van der Waals surface area contributed by atoms with Crippen molar-refractivity contribution < 1.29 is 14.3 Å². The van der Waals surface area contributed by atoms with Crippen molar-refractivity contribution in [2.45, 2.75) is 45.8 Å². The number of carbonyl (C=O) groups excluding carboxylic acids is 1. The van der Waals surface area contributed by atoms with Gasteiger partial charge in [-0.25, -0.2) is 0 Å². The highest BCUT2D eigenvalue weighted by Gasteiger charge is 2.24. The second kappa shape index (κ2) is 10.2. The van der Waals surface area contributed by atoms with E-state index in [1.54, 1.807) is 7.11 Å². The monoisotopic (exact) mass is 466 g/mol. The number of amides is 1. The number of rotatable bonds is 7. The molecule has 0 unspecified atom stereocenters. The topological polar surface area (TPSA) is 72.4 Å². The van der Waals surface area contributed by atoms with E-state index in [1.807, 2.05) is 39.8 Å². The number of nitrogens with one attached hydrogen (secondary N) is 1. The Morgan fingerprint density at radius 1 is 1.09 bits per heavy atom. The molecule has 3 aromatic rings. The Balaban J connectivity index is 1.31. The van der Waals surface area contributed by atoms with Crippen molar-refractivity contribution in [3.8, 4) is 22.9 Å². The lowest BCUT2D eigenvalue weighted by atomic mass is 10.1. The molecule has 1 fully saturated rings. The minimum atomic E-state index is 0.128. The number of carbonyl (C=O) groups is 1. The molecular weight excluding hydrogens is 436 g/mol. The zero-order chi connectivity index (χ0) is 23.4. The van der Waals surface area contributed by atoms with E-state index < -0.39 is 0 Å². The highest BCUT2D eigenvalue weighted by molar-refractivity contribution is 7.71. The Morgan fingerprint density at radius 2 is 1.79 bits per heavy atom. The number of aromatic amines is 1. The first kappa shape index (κ1) is 23.0. The van der Waals surface area contributed by atoms with E-state index in [0.29, 0.717) is 30.8 Å². The quantitative estimate of drug-likeness (QED) is 0.511. The number of aromatic nitrogens is 3. The highest BCUT2D eigenvalue weighted by atomic mass is 32.1. The van der Waals surface area contributed by atoms with Gasteiger partial charge in [-0.3, -0.25) is 14.5 Å². The van der Waals surface area contributed by atoms with Gasteiger partial charge in [0.25, 0.3) is 0 Å². The standard InChI is InChI=1S/C25H30N4O3S/c1-17-4-7-22(16-18(17)2)32-21-10-13-28(14-11-21)23(30)12-15-29-24(26-27-25(29)33)19-5-8-20(31-3)9-6-19/h4-9,16,21H,10-15H2,1-3H3,(H,27,33). The molecule has 1 aromatic heterocycles. The molecule has 0 spiro atoms. The van der Waals surface area contributed by atoms with E-state index >= 15 is 0 Å². The van der Waals surface area contributed by atoms with Crippen LogP contribution in [0.25, 0.3) is 11.4 Å². The van der Waals surface area contributed by atoms with Crippen molar-refractivity contribution in [3.63, 3.8) is 0 Å². The predicted octanol–water partition coefficient (Wildman–Crippen LogP) is 4.69. The molecule has 174 valence electrons. The van der Waals surface area contributed by atoms with Gasteiger partial charge in [0.05, 0.1) is 7.11 Å². The molecule has 4 rings (SSSR count). The van der Waals surface area contributed by atoms with Crippen LogP contribution in [0.1, 0.15) is 30.4 Å². The van der Waals surface area contributed by atoms with E-state index in [9.17, 15) is 4.79 Å². The van der Waals surface area contributed by atoms with Crippen LogP contribution in [0.3, 0.4) is 0 Å². The van der Waals surface area contributed by atoms with Crippen LogP contribution in [-0.4, -0.2) is 51.9 Å². The first-order chi connectivity index (χ1) is 15.9. The molecule has 0 saturated carbocycles. The van der Waals surface area contributed by atoms with Gasteiger partial charge in [0.2, 0.25) is 5.91 Å². The molecule has 2 aromatic carbocycles. The van der Waals surface area contributed by atoms with Crippen molar-refractivity contribution in [1.82, 2.24) is 19.7 Å². The number of piperidine rings is 1. The molecule has 7 nitrogen and oxygen atoms in total. The number of likely N-dealkylation sites (tertiary alicyclic amines) is 1. The lowest BCUT2D eigenvalue weighted by Crippen LogP contribution is -2.42. The molecule has 0 atom stereocenters. The summed E-state index contributed by atoms with van der Waals surface area (Å²) < 4.78 is 13.8. The smallest absolute Gasteiger partial charge is 0.224 e. The van der Waals surface area contributed by atoms with Crippen LogP contribution in [0.5, 0.6) is 11.5 Å². The molecule has 2 heterocycles. The van der Waals surface area contributed by atoms with Crippen LogP contribution in [0.4, 0.5) is 0 Å². The van der Waals surface area contributed by atoms with Gasteiger partial charge in [0.15, 0.2) is 10.6 Å². The number of hydrogen-bond donors (Lipinski definition) is 1. The summed E-state index contributed by atoms with van der Waals surface area (Å²) in [4.78, 5) is 14.8. The van der Waals surface area contributed by atoms with Crippen molar-refractivity contribution in [1.29, 1.82) is 0 Å². The number of aryl methyl sites for hydroxylation is 2. The third-order valence-corrected chi connectivity index (χ3v) is 6.54. The van der Waals surface area contributed by atoms with Crippen LogP contribution in [0, 0.1) is 18.6 Å². The number of benzene rings is 2. The SMILES string of the molecule is COc1ccc(-c2n[nH]c(=S)n2CCC(=O)N2CCC(Oc3ccc(C)c(C)c3)CC2)cc1. The Morgan fingerprint density at radius 3 is 2.45 bits per heavy atom. The first-order valence-corrected chi connectivity index (χ1v) is 11.7. The Bertz CT molecular complexity index is 1160. The summed E-state index contributed by atoms with van der Waals surface area (Å²) in [5, 5.41) is 7.20. The minimum Gasteiger partial charge on any atom is -0.497 e. The molecule has 33 heavy (non-hydrogen) atoms. The molecule has 1 N–H and O–H groups in total. The van der Waals surface area contributed by atoms with Gasteiger partial charge in [0, 0.05) is 44.5 Å². The summed E-state index contributed by atoms with van der Waals surface area (Å²) in [5.74, 6) is 2.53. The van der Waals surface area contributed by atoms with E-state index in [0.717, 1.165) is 35.7 Å². The van der Waals surface area contributed by atoms with Gasteiger partial charge < -0.3 is 14.4 Å². The van der Waals surface area contributed by atoms with Crippen LogP contribution >= 0.6 is 12.2 Å². The zero-order valence-corrected chi connectivity index (χ0v) is 20.2. The van der Waals surface area contributed by atoms with Crippen molar-refractivity contribution in [2.24, 2.45) is 0 Å². The summed E-state index contributed by atoms with van der Waals surface area (Å²) in [6.45, 7) is 6.08. The maximum atomic E-state index is 12.9. The molecule has 1 saturated heterocycles. The van der Waals surface area contributed by atoms with Gasteiger partial charge in [-0.05, 0) is 73.6 Å². The summed E-state index contributed by atoms with van der Waals surface area (Å²) in [6.07, 6.45) is 2.18. The summed E-state index contributed by atoms with van der Waals surface area (Å²) in [5.41, 5.74) is 3.41. The van der Waals surface area contributed by atoms with Gasteiger partial charge in [-0.1, -0.05) is 6.07 Å². The number of nitrogens with zero attached hydrogens (tertiary/aromatic N) is 3. The average Bonchev–Trinajstić information content (AvgIpc) is 3.20. The highest BCUT2D eigenvalue weighted by Crippen LogP contribution is 2.23. The normalized spacial score (nSPS) is 14.3. The van der Waals surface area contributed by atoms with Gasteiger partial charge >= 0.3 is 0 Å². The average molecular weight is 467 g/mol. The van der Waals surface area contributed by atoms with E-state index in [1.165, 1.54) is 11.1 Å². The molecule has 0 radical (unpaired) electrons. The summed E-state index contributed by atoms with van der Waals surface area (Å²) in [6, 6.07) is 13.8. The largest absolute Gasteiger partial charge is 0.497 e. The van der Waals surface area contributed by atoms with Gasteiger partial charge in [-0.15, -0.1) is 0 Å². The number of methoxy groups -OCH3 is 1. The summed E-state index contributed by atoms with van der Waals surface area (Å²) in [7, 11) is 1.63. The molecule has 1 aliphatic heterocycles. The molecule has 1 amide bonds. The van der Waals surface area contributed by atoms with Crippen molar-refractivity contribution in [3.05, 3.63) is 58.4 Å². The van der Waals surface area contributed by atoms with Crippen LogP contribution in [-0.2, 0) is 11.3 Å². The molecule has 0 bridgehead atoms. The van der Waals surface area contributed by atoms with Crippen molar-refractivity contribution in [2.75, 3.05) is 20.2 Å². The number of ether oxygens (including phenoxy) is 2. The fourth-order valence-electron chi connectivity index (χ4n) is 4.05. The maximum Gasteiger partial charge on any atom is 0.224 e. The van der Waals surface area contributed by atoms with Gasteiger partial charge in [-0.2, -0.15) is 5.10 Å². The van der Waals surface area contributed by atoms with Crippen LogP contribution < -0.4 is 9.47 Å². The number of H-pyrrole nitrogens is 1. The summed E-state index contributed by atoms with van der Waals surface area (Å²) >= 11 is 5.40. The lowest BCUT2D eigenvalue weighted by Gasteiger charge is -2.32. The minimum absolute atomic E-state index is 0.128. The number of hydrogen-bond acceptors (Lipinski definition) is 5. The third-order valence-electron chi connectivity index (χ3n) is 6.23. The molecule has 8 heteroatoms. The molecule has 1 aliphatic rings. The van der Waals surface area contributed by atoms with Crippen LogP contribution in [0.15, 0.2) is 42.5 Å². The molecule has 0 aliphatic carbocycles. The van der Waals surface area contributed by atoms with Crippen molar-refractivity contribution >= 4 is 18.1 Å². The fourth-order valence-corrected chi connectivity index (χ4v) is 4.28. The van der Waals surface area contributed by atoms with E-state index in [4.69, 9.17) is 21.7 Å². The van der Waals surface area contributed by atoms with E-state index in [2.05, 4.69) is 36.2 Å². The molecular formula is C25H30N4O3S. The Kier molecular flexibility index (Phi) is 7.13. The second-order valence-corrected chi connectivity index (χ2v) is 8.81. The second-order valence-electron chi connectivity index (χ2n) is 8.43. The predicted molar refractivity (Wildman–Crippen MR) is 130 cm³/mol. The Hall–Kier alpha value is -3.13.